The largest absolute Gasteiger partial charge is 0.391 e. The minimum atomic E-state index is -0.0898. The highest BCUT2D eigenvalue weighted by atomic mass is 16.3. The molecule has 2 nitrogen and oxygen atoms in total. The first-order valence-electron chi connectivity index (χ1n) is 6.69. The number of rotatable bonds is 2. The van der Waals surface area contributed by atoms with Gasteiger partial charge < -0.3 is 10.4 Å². The van der Waals surface area contributed by atoms with Crippen molar-refractivity contribution >= 4 is 0 Å². The second-order valence-corrected chi connectivity index (χ2v) is 5.58. The van der Waals surface area contributed by atoms with E-state index in [0.29, 0.717) is 12.0 Å². The van der Waals surface area contributed by atoms with Gasteiger partial charge in [-0.25, -0.2) is 0 Å². The molecule has 1 heterocycles. The summed E-state index contributed by atoms with van der Waals surface area (Å²) in [4.78, 5) is 0. The van der Waals surface area contributed by atoms with Crippen LogP contribution in [0.1, 0.15) is 51.9 Å². The summed E-state index contributed by atoms with van der Waals surface area (Å²) in [5.41, 5.74) is 0. The van der Waals surface area contributed by atoms with E-state index in [1.165, 1.54) is 38.5 Å². The van der Waals surface area contributed by atoms with Crippen LogP contribution in [0.25, 0.3) is 0 Å². The van der Waals surface area contributed by atoms with Gasteiger partial charge in [0.05, 0.1) is 6.10 Å². The van der Waals surface area contributed by atoms with E-state index in [1.807, 2.05) is 0 Å². The van der Waals surface area contributed by atoms with Crippen molar-refractivity contribution in [3.05, 3.63) is 0 Å². The van der Waals surface area contributed by atoms with Crippen molar-refractivity contribution in [2.45, 2.75) is 64.0 Å². The lowest BCUT2D eigenvalue weighted by molar-refractivity contribution is 0.0345. The Labute approximate surface area is 93.5 Å². The fraction of sp³-hybridized carbons (Fsp3) is 1.00. The highest BCUT2D eigenvalue weighted by Crippen LogP contribution is 2.30. The molecule has 0 radical (unpaired) electrons. The van der Waals surface area contributed by atoms with Crippen LogP contribution in [0.15, 0.2) is 0 Å². The smallest absolute Gasteiger partial charge is 0.0721 e. The van der Waals surface area contributed by atoms with Crippen LogP contribution in [-0.2, 0) is 0 Å². The summed E-state index contributed by atoms with van der Waals surface area (Å²) in [6, 6.07) is 0.372. The number of hydrogen-bond donors (Lipinski definition) is 2. The maximum atomic E-state index is 10.4. The molecule has 0 aromatic carbocycles. The predicted octanol–water partition coefficient (Wildman–Crippen LogP) is 2.32. The van der Waals surface area contributed by atoms with Gasteiger partial charge in [0.15, 0.2) is 0 Å². The maximum absolute atomic E-state index is 10.4. The van der Waals surface area contributed by atoms with Crippen molar-refractivity contribution in [2.24, 2.45) is 11.8 Å². The molecule has 88 valence electrons. The summed E-state index contributed by atoms with van der Waals surface area (Å²) in [6.07, 6.45) is 8.85. The molecule has 1 aliphatic carbocycles. The highest BCUT2D eigenvalue weighted by molar-refractivity contribution is 4.87. The number of hydrogen-bond acceptors (Lipinski definition) is 2. The fourth-order valence-corrected chi connectivity index (χ4v) is 3.21. The van der Waals surface area contributed by atoms with E-state index in [0.717, 1.165) is 18.9 Å². The molecule has 0 bridgehead atoms. The molecule has 15 heavy (non-hydrogen) atoms. The molecule has 3 atom stereocenters. The first-order chi connectivity index (χ1) is 7.27. The molecule has 2 rings (SSSR count). The molecular formula is C13H25NO. The number of aliphatic hydroxyl groups is 1. The molecule has 2 N–H and O–H groups in total. The summed E-state index contributed by atoms with van der Waals surface area (Å²) >= 11 is 0. The van der Waals surface area contributed by atoms with E-state index < -0.39 is 0 Å². The lowest BCUT2D eigenvalue weighted by Gasteiger charge is -2.37. The van der Waals surface area contributed by atoms with Crippen molar-refractivity contribution in [3.63, 3.8) is 0 Å². The zero-order valence-corrected chi connectivity index (χ0v) is 9.91. The third-order valence-corrected chi connectivity index (χ3v) is 4.25. The van der Waals surface area contributed by atoms with E-state index in [4.69, 9.17) is 0 Å². The lowest BCUT2D eigenvalue weighted by Crippen LogP contribution is -2.48. The zero-order valence-electron chi connectivity index (χ0n) is 9.91. The van der Waals surface area contributed by atoms with E-state index in [-0.39, 0.29) is 6.10 Å². The van der Waals surface area contributed by atoms with Crippen molar-refractivity contribution in [2.75, 3.05) is 6.54 Å². The second-order valence-electron chi connectivity index (χ2n) is 5.58. The second kappa shape index (κ2) is 5.31. The fourth-order valence-electron chi connectivity index (χ4n) is 3.21. The predicted molar refractivity (Wildman–Crippen MR) is 62.8 cm³/mol. The van der Waals surface area contributed by atoms with Gasteiger partial charge in [0.2, 0.25) is 0 Å². The van der Waals surface area contributed by atoms with Gasteiger partial charge in [-0.3, -0.25) is 0 Å². The molecule has 1 saturated heterocycles. The van der Waals surface area contributed by atoms with Gasteiger partial charge in [-0.05, 0) is 44.1 Å². The van der Waals surface area contributed by atoms with Gasteiger partial charge >= 0.3 is 0 Å². The van der Waals surface area contributed by atoms with Gasteiger partial charge in [0.1, 0.15) is 0 Å². The van der Waals surface area contributed by atoms with Crippen LogP contribution in [0.5, 0.6) is 0 Å². The third-order valence-electron chi connectivity index (χ3n) is 4.25. The lowest BCUT2D eigenvalue weighted by atomic mass is 9.79. The van der Waals surface area contributed by atoms with Crippen LogP contribution in [0, 0.1) is 11.8 Å². The standard InChI is InChI=1S/C13H25NO/c1-10-7-8-14-12(9-10)13(15)11-5-3-2-4-6-11/h10-15H,2-9H2,1H3. The van der Waals surface area contributed by atoms with Gasteiger partial charge in [-0.1, -0.05) is 26.2 Å². The molecule has 1 saturated carbocycles. The maximum Gasteiger partial charge on any atom is 0.0721 e. The molecule has 0 spiro atoms. The summed E-state index contributed by atoms with van der Waals surface area (Å²) < 4.78 is 0. The Balaban J connectivity index is 1.85. The average Bonchev–Trinajstić information content (AvgIpc) is 2.29. The van der Waals surface area contributed by atoms with Crippen LogP contribution < -0.4 is 5.32 Å². The summed E-state index contributed by atoms with van der Waals surface area (Å²) in [7, 11) is 0. The first kappa shape index (κ1) is 11.4. The average molecular weight is 211 g/mol. The molecule has 2 fully saturated rings. The summed E-state index contributed by atoms with van der Waals surface area (Å²) in [5.74, 6) is 1.36. The number of aliphatic hydroxyl groups excluding tert-OH is 1. The molecule has 2 heteroatoms. The van der Waals surface area contributed by atoms with Crippen molar-refractivity contribution < 1.29 is 5.11 Å². The van der Waals surface area contributed by atoms with Crippen LogP contribution in [-0.4, -0.2) is 23.8 Å². The van der Waals surface area contributed by atoms with Crippen LogP contribution >= 0.6 is 0 Å². The normalized spacial score (nSPS) is 36.4. The molecule has 1 aliphatic heterocycles. The molecule has 0 aromatic heterocycles. The van der Waals surface area contributed by atoms with E-state index in [9.17, 15) is 5.11 Å². The van der Waals surface area contributed by atoms with Crippen LogP contribution in [0.4, 0.5) is 0 Å². The summed E-state index contributed by atoms with van der Waals surface area (Å²) in [5, 5.41) is 13.9. The Morgan fingerprint density at radius 3 is 2.53 bits per heavy atom. The number of piperidine rings is 1. The molecule has 0 amide bonds. The topological polar surface area (TPSA) is 32.3 Å². The molecule has 3 unspecified atom stereocenters. The van der Waals surface area contributed by atoms with Crippen molar-refractivity contribution in [1.82, 2.24) is 5.32 Å². The SMILES string of the molecule is CC1CCNC(C(O)C2CCCCC2)C1. The van der Waals surface area contributed by atoms with E-state index >= 15 is 0 Å². The summed E-state index contributed by atoms with van der Waals surface area (Å²) in [6.45, 7) is 3.40. The van der Waals surface area contributed by atoms with Crippen LogP contribution in [0.3, 0.4) is 0 Å². The Hall–Kier alpha value is -0.0800. The van der Waals surface area contributed by atoms with E-state index in [2.05, 4.69) is 12.2 Å². The van der Waals surface area contributed by atoms with Crippen molar-refractivity contribution in [3.8, 4) is 0 Å². The highest BCUT2D eigenvalue weighted by Gasteiger charge is 2.31. The van der Waals surface area contributed by atoms with Gasteiger partial charge in [0.25, 0.3) is 0 Å². The van der Waals surface area contributed by atoms with Crippen LogP contribution in [0.2, 0.25) is 0 Å². The van der Waals surface area contributed by atoms with Gasteiger partial charge in [-0.15, -0.1) is 0 Å². The minimum Gasteiger partial charge on any atom is -0.391 e. The minimum absolute atomic E-state index is 0.0898. The van der Waals surface area contributed by atoms with E-state index in [1.54, 1.807) is 0 Å². The van der Waals surface area contributed by atoms with Crippen molar-refractivity contribution in [1.29, 1.82) is 0 Å². The Morgan fingerprint density at radius 2 is 1.87 bits per heavy atom. The zero-order chi connectivity index (χ0) is 10.7. The molecule has 0 aromatic rings. The monoisotopic (exact) mass is 211 g/mol. The Morgan fingerprint density at radius 1 is 1.13 bits per heavy atom. The van der Waals surface area contributed by atoms with Gasteiger partial charge in [-0.2, -0.15) is 0 Å². The number of nitrogens with one attached hydrogen (secondary N) is 1. The molecular weight excluding hydrogens is 186 g/mol. The Bertz CT molecular complexity index is 189. The Kier molecular flexibility index (Phi) is 4.04. The third kappa shape index (κ3) is 2.94. The quantitative estimate of drug-likeness (QED) is 0.734. The first-order valence-corrected chi connectivity index (χ1v) is 6.69. The van der Waals surface area contributed by atoms with Gasteiger partial charge in [0, 0.05) is 6.04 Å². The molecule has 2 aliphatic rings.